The molecule has 0 N–H and O–H groups in total. The number of benzene rings is 1. The van der Waals surface area contributed by atoms with Crippen molar-refractivity contribution in [2.75, 3.05) is 31.9 Å². The Kier molecular flexibility index (Phi) is 6.32. The molecule has 1 amide bonds. The second kappa shape index (κ2) is 9.09. The molecule has 2 fully saturated rings. The number of aromatic nitrogens is 3. The Labute approximate surface area is 171 Å². The van der Waals surface area contributed by atoms with Gasteiger partial charge in [-0.15, -0.1) is 10.2 Å². The zero-order valence-corrected chi connectivity index (χ0v) is 17.4. The van der Waals surface area contributed by atoms with Gasteiger partial charge < -0.3 is 4.90 Å². The Morgan fingerprint density at radius 1 is 1.07 bits per heavy atom. The minimum atomic E-state index is 0.209. The SMILES string of the molecule is CC1CCN(C(=O)CSc2nnc(CN3CCCC3)n2-c2ccccc2)CC1. The number of piperidine rings is 1. The van der Waals surface area contributed by atoms with Crippen molar-refractivity contribution in [2.24, 2.45) is 5.92 Å². The van der Waals surface area contributed by atoms with E-state index in [0.717, 1.165) is 68.2 Å². The summed E-state index contributed by atoms with van der Waals surface area (Å²) in [5, 5.41) is 9.73. The Morgan fingerprint density at radius 2 is 1.79 bits per heavy atom. The first-order valence-electron chi connectivity index (χ1n) is 10.3. The summed E-state index contributed by atoms with van der Waals surface area (Å²) in [6.07, 6.45) is 4.72. The molecule has 0 atom stereocenters. The highest BCUT2D eigenvalue weighted by Crippen LogP contribution is 2.25. The number of nitrogens with zero attached hydrogens (tertiary/aromatic N) is 5. The van der Waals surface area contributed by atoms with Crippen LogP contribution in [-0.4, -0.2) is 62.4 Å². The number of para-hydroxylation sites is 1. The van der Waals surface area contributed by atoms with Crippen molar-refractivity contribution >= 4 is 17.7 Å². The van der Waals surface area contributed by atoms with Gasteiger partial charge in [0.05, 0.1) is 12.3 Å². The van der Waals surface area contributed by atoms with E-state index in [4.69, 9.17) is 0 Å². The monoisotopic (exact) mass is 399 g/mol. The van der Waals surface area contributed by atoms with Crippen LogP contribution < -0.4 is 0 Å². The first kappa shape index (κ1) is 19.5. The molecule has 0 aliphatic carbocycles. The highest BCUT2D eigenvalue weighted by Gasteiger charge is 2.23. The highest BCUT2D eigenvalue weighted by atomic mass is 32.2. The van der Waals surface area contributed by atoms with Gasteiger partial charge in [-0.2, -0.15) is 0 Å². The molecule has 0 spiro atoms. The molecule has 0 bridgehead atoms. The highest BCUT2D eigenvalue weighted by molar-refractivity contribution is 7.99. The number of rotatable bonds is 6. The Bertz CT molecular complexity index is 779. The lowest BCUT2D eigenvalue weighted by atomic mass is 9.99. The molecular weight excluding hydrogens is 370 g/mol. The van der Waals surface area contributed by atoms with Crippen LogP contribution >= 0.6 is 11.8 Å². The van der Waals surface area contributed by atoms with E-state index in [-0.39, 0.29) is 5.91 Å². The Balaban J connectivity index is 1.48. The van der Waals surface area contributed by atoms with Crippen LogP contribution in [0.4, 0.5) is 0 Å². The van der Waals surface area contributed by atoms with Crippen LogP contribution in [0, 0.1) is 5.92 Å². The average molecular weight is 400 g/mol. The summed E-state index contributed by atoms with van der Waals surface area (Å²) < 4.78 is 2.12. The number of carbonyl (C=O) groups excluding carboxylic acids is 1. The van der Waals surface area contributed by atoms with Gasteiger partial charge in [0.1, 0.15) is 0 Å². The van der Waals surface area contributed by atoms with Crippen molar-refractivity contribution in [1.82, 2.24) is 24.6 Å². The van der Waals surface area contributed by atoms with Crippen LogP contribution in [0.25, 0.3) is 5.69 Å². The molecule has 0 unspecified atom stereocenters. The van der Waals surface area contributed by atoms with Crippen molar-refractivity contribution < 1.29 is 4.79 Å². The van der Waals surface area contributed by atoms with Crippen LogP contribution in [0.2, 0.25) is 0 Å². The van der Waals surface area contributed by atoms with Crippen LogP contribution in [0.3, 0.4) is 0 Å². The van der Waals surface area contributed by atoms with Crippen LogP contribution in [-0.2, 0) is 11.3 Å². The lowest BCUT2D eigenvalue weighted by Crippen LogP contribution is -2.38. The number of carbonyl (C=O) groups is 1. The third-order valence-electron chi connectivity index (χ3n) is 5.74. The third kappa shape index (κ3) is 4.58. The van der Waals surface area contributed by atoms with Crippen molar-refractivity contribution in [3.8, 4) is 5.69 Å². The first-order chi connectivity index (χ1) is 13.7. The van der Waals surface area contributed by atoms with Gasteiger partial charge in [0.15, 0.2) is 11.0 Å². The van der Waals surface area contributed by atoms with E-state index in [1.165, 1.54) is 24.6 Å². The molecule has 2 saturated heterocycles. The van der Waals surface area contributed by atoms with E-state index in [9.17, 15) is 4.79 Å². The fraction of sp³-hybridized carbons (Fsp3) is 0.571. The molecule has 4 rings (SSSR count). The maximum Gasteiger partial charge on any atom is 0.233 e. The lowest BCUT2D eigenvalue weighted by molar-refractivity contribution is -0.129. The second-order valence-corrected chi connectivity index (χ2v) is 8.85. The molecule has 6 nitrogen and oxygen atoms in total. The van der Waals surface area contributed by atoms with E-state index >= 15 is 0 Å². The molecule has 2 aliphatic heterocycles. The average Bonchev–Trinajstić information content (AvgIpc) is 3.37. The zero-order valence-electron chi connectivity index (χ0n) is 16.6. The molecule has 28 heavy (non-hydrogen) atoms. The van der Waals surface area contributed by atoms with Gasteiger partial charge in [0, 0.05) is 18.8 Å². The van der Waals surface area contributed by atoms with Crippen molar-refractivity contribution in [2.45, 2.75) is 44.3 Å². The molecule has 2 aliphatic rings. The van der Waals surface area contributed by atoms with Gasteiger partial charge in [-0.05, 0) is 56.8 Å². The van der Waals surface area contributed by atoms with E-state index in [2.05, 4.69) is 38.7 Å². The fourth-order valence-corrected chi connectivity index (χ4v) is 4.82. The summed E-state index contributed by atoms with van der Waals surface area (Å²) in [6.45, 7) is 7.07. The Hall–Kier alpha value is -1.86. The molecule has 3 heterocycles. The molecule has 1 aromatic carbocycles. The zero-order chi connectivity index (χ0) is 19.3. The molecule has 2 aromatic rings. The van der Waals surface area contributed by atoms with Gasteiger partial charge in [-0.1, -0.05) is 36.9 Å². The van der Waals surface area contributed by atoms with Gasteiger partial charge in [0.2, 0.25) is 5.91 Å². The maximum absolute atomic E-state index is 12.7. The predicted molar refractivity (Wildman–Crippen MR) is 112 cm³/mol. The summed E-state index contributed by atoms with van der Waals surface area (Å²) in [5.41, 5.74) is 1.06. The summed E-state index contributed by atoms with van der Waals surface area (Å²) in [4.78, 5) is 17.1. The molecule has 1 aromatic heterocycles. The number of hydrogen-bond donors (Lipinski definition) is 0. The minimum absolute atomic E-state index is 0.209. The number of hydrogen-bond acceptors (Lipinski definition) is 5. The van der Waals surface area contributed by atoms with Crippen LogP contribution in [0.5, 0.6) is 0 Å². The summed E-state index contributed by atoms with van der Waals surface area (Å²) in [7, 11) is 0. The first-order valence-corrected chi connectivity index (χ1v) is 11.3. The standard InChI is InChI=1S/C21H29N5OS/c1-17-9-13-25(14-10-17)20(27)16-28-21-23-22-19(15-24-11-5-6-12-24)26(21)18-7-3-2-4-8-18/h2-4,7-8,17H,5-6,9-16H2,1H3. The molecular formula is C21H29N5OS. The van der Waals surface area contributed by atoms with Crippen LogP contribution in [0.15, 0.2) is 35.5 Å². The molecule has 150 valence electrons. The maximum atomic E-state index is 12.7. The third-order valence-corrected chi connectivity index (χ3v) is 6.65. The van der Waals surface area contributed by atoms with Crippen LogP contribution in [0.1, 0.15) is 38.4 Å². The quantitative estimate of drug-likeness (QED) is 0.698. The van der Waals surface area contributed by atoms with E-state index in [0.29, 0.717) is 5.75 Å². The number of thioether (sulfide) groups is 1. The second-order valence-electron chi connectivity index (χ2n) is 7.90. The summed E-state index contributed by atoms with van der Waals surface area (Å²) >= 11 is 1.50. The van der Waals surface area contributed by atoms with Gasteiger partial charge in [-0.3, -0.25) is 14.3 Å². The smallest absolute Gasteiger partial charge is 0.233 e. The van der Waals surface area contributed by atoms with Crippen molar-refractivity contribution in [3.63, 3.8) is 0 Å². The summed E-state index contributed by atoms with van der Waals surface area (Å²) in [5.74, 6) is 2.31. The number of likely N-dealkylation sites (tertiary alicyclic amines) is 2. The molecule has 0 saturated carbocycles. The fourth-order valence-electron chi connectivity index (χ4n) is 3.95. The largest absolute Gasteiger partial charge is 0.342 e. The van der Waals surface area contributed by atoms with Gasteiger partial charge in [0.25, 0.3) is 0 Å². The molecule has 7 heteroatoms. The molecule has 0 radical (unpaired) electrons. The summed E-state index contributed by atoms with van der Waals surface area (Å²) in [6, 6.07) is 10.2. The lowest BCUT2D eigenvalue weighted by Gasteiger charge is -2.30. The predicted octanol–water partition coefficient (Wildman–Crippen LogP) is 3.21. The number of amides is 1. The topological polar surface area (TPSA) is 54.3 Å². The van der Waals surface area contributed by atoms with Crippen molar-refractivity contribution in [1.29, 1.82) is 0 Å². The van der Waals surface area contributed by atoms with E-state index in [1.807, 2.05) is 23.1 Å². The minimum Gasteiger partial charge on any atom is -0.342 e. The Morgan fingerprint density at radius 3 is 2.50 bits per heavy atom. The van der Waals surface area contributed by atoms with Gasteiger partial charge in [-0.25, -0.2) is 0 Å². The van der Waals surface area contributed by atoms with E-state index < -0.39 is 0 Å². The van der Waals surface area contributed by atoms with Gasteiger partial charge >= 0.3 is 0 Å². The van der Waals surface area contributed by atoms with Crippen molar-refractivity contribution in [3.05, 3.63) is 36.2 Å². The normalized spacial score (nSPS) is 18.7. The van der Waals surface area contributed by atoms with E-state index in [1.54, 1.807) is 0 Å².